The maximum absolute atomic E-state index is 12.5. The van der Waals surface area contributed by atoms with E-state index in [2.05, 4.69) is 20.8 Å². The molecule has 134 valence electrons. The van der Waals surface area contributed by atoms with Crippen LogP contribution in [0.15, 0.2) is 42.7 Å². The molecular formula is C18H19N5O3. The monoisotopic (exact) mass is 353 g/mol. The van der Waals surface area contributed by atoms with Gasteiger partial charge < -0.3 is 14.8 Å². The summed E-state index contributed by atoms with van der Waals surface area (Å²) in [5.41, 5.74) is 3.10. The van der Waals surface area contributed by atoms with Crippen LogP contribution in [0.3, 0.4) is 0 Å². The third-order valence-corrected chi connectivity index (χ3v) is 3.98. The minimum atomic E-state index is -0.179. The van der Waals surface area contributed by atoms with Crippen molar-refractivity contribution < 1.29 is 14.3 Å². The lowest BCUT2D eigenvalue weighted by atomic mass is 10.1. The van der Waals surface area contributed by atoms with Gasteiger partial charge in [-0.3, -0.25) is 4.79 Å². The van der Waals surface area contributed by atoms with Crippen LogP contribution in [0.2, 0.25) is 0 Å². The van der Waals surface area contributed by atoms with Crippen molar-refractivity contribution in [2.24, 2.45) is 0 Å². The number of nitrogens with one attached hydrogen (secondary N) is 1. The van der Waals surface area contributed by atoms with Crippen LogP contribution in [0, 0.1) is 6.92 Å². The fourth-order valence-corrected chi connectivity index (χ4v) is 2.62. The van der Waals surface area contributed by atoms with Gasteiger partial charge in [-0.2, -0.15) is 0 Å². The molecule has 0 aliphatic heterocycles. The zero-order chi connectivity index (χ0) is 18.5. The third kappa shape index (κ3) is 3.64. The molecule has 0 atom stereocenters. The summed E-state index contributed by atoms with van der Waals surface area (Å²) in [4.78, 5) is 12.5. The maximum atomic E-state index is 12.5. The highest BCUT2D eigenvalue weighted by molar-refractivity contribution is 5.94. The Kier molecular flexibility index (Phi) is 5.12. The van der Waals surface area contributed by atoms with Crippen LogP contribution in [-0.4, -0.2) is 40.3 Å². The van der Waals surface area contributed by atoms with Gasteiger partial charge in [-0.05, 0) is 59.3 Å². The first-order chi connectivity index (χ1) is 12.6. The number of amides is 1. The van der Waals surface area contributed by atoms with Crippen molar-refractivity contribution in [3.8, 4) is 17.2 Å². The van der Waals surface area contributed by atoms with Crippen LogP contribution in [0.25, 0.3) is 5.69 Å². The van der Waals surface area contributed by atoms with Gasteiger partial charge in [-0.1, -0.05) is 0 Å². The number of tetrazole rings is 1. The number of ether oxygens (including phenoxy) is 2. The first-order valence-corrected chi connectivity index (χ1v) is 7.95. The molecule has 0 radical (unpaired) electrons. The lowest BCUT2D eigenvalue weighted by Crippen LogP contribution is -2.23. The van der Waals surface area contributed by atoms with Crippen molar-refractivity contribution in [3.05, 3.63) is 59.4 Å². The Morgan fingerprint density at radius 3 is 2.65 bits per heavy atom. The molecule has 2 aromatic carbocycles. The van der Waals surface area contributed by atoms with E-state index in [1.165, 1.54) is 6.33 Å². The van der Waals surface area contributed by atoms with Crippen LogP contribution >= 0.6 is 0 Å². The van der Waals surface area contributed by atoms with E-state index < -0.39 is 0 Å². The van der Waals surface area contributed by atoms with E-state index in [-0.39, 0.29) is 5.91 Å². The summed E-state index contributed by atoms with van der Waals surface area (Å²) in [7, 11) is 3.19. The van der Waals surface area contributed by atoms with E-state index in [1.54, 1.807) is 31.0 Å². The smallest absolute Gasteiger partial charge is 0.251 e. The van der Waals surface area contributed by atoms with Crippen LogP contribution in [-0.2, 0) is 6.54 Å². The van der Waals surface area contributed by atoms with Crippen molar-refractivity contribution in [1.82, 2.24) is 25.5 Å². The SMILES string of the molecule is COc1ccc(OC)c(CNC(=O)c2ccc(-n3cnnn3)c(C)c2)c1. The van der Waals surface area contributed by atoms with Gasteiger partial charge in [0.2, 0.25) is 0 Å². The van der Waals surface area contributed by atoms with Gasteiger partial charge in [-0.15, -0.1) is 5.10 Å². The zero-order valence-corrected chi connectivity index (χ0v) is 14.8. The number of aryl methyl sites for hydroxylation is 1. The van der Waals surface area contributed by atoms with Crippen LogP contribution in [0.5, 0.6) is 11.5 Å². The molecule has 1 amide bonds. The summed E-state index contributed by atoms with van der Waals surface area (Å²) in [5.74, 6) is 1.22. The molecule has 3 aromatic rings. The molecule has 0 saturated heterocycles. The van der Waals surface area contributed by atoms with Crippen molar-refractivity contribution >= 4 is 5.91 Å². The fraction of sp³-hybridized carbons (Fsp3) is 0.222. The highest BCUT2D eigenvalue weighted by Gasteiger charge is 2.11. The predicted octanol–water partition coefficient (Wildman–Crippen LogP) is 1.92. The Labute approximate surface area is 150 Å². The number of aromatic nitrogens is 4. The molecule has 0 saturated carbocycles. The lowest BCUT2D eigenvalue weighted by Gasteiger charge is -2.12. The van der Waals surface area contributed by atoms with E-state index in [4.69, 9.17) is 9.47 Å². The Balaban J connectivity index is 1.74. The summed E-state index contributed by atoms with van der Waals surface area (Å²) in [6, 6.07) is 10.8. The van der Waals surface area contributed by atoms with Gasteiger partial charge in [0, 0.05) is 17.7 Å². The van der Waals surface area contributed by atoms with E-state index in [0.29, 0.717) is 23.6 Å². The Morgan fingerprint density at radius 2 is 2.00 bits per heavy atom. The van der Waals surface area contributed by atoms with Crippen LogP contribution in [0.1, 0.15) is 21.5 Å². The van der Waals surface area contributed by atoms with Gasteiger partial charge in [0.05, 0.1) is 19.9 Å². The van der Waals surface area contributed by atoms with E-state index in [9.17, 15) is 4.79 Å². The highest BCUT2D eigenvalue weighted by atomic mass is 16.5. The predicted molar refractivity (Wildman–Crippen MR) is 94.6 cm³/mol. The second-order valence-electron chi connectivity index (χ2n) is 5.62. The normalized spacial score (nSPS) is 10.4. The molecule has 8 nitrogen and oxygen atoms in total. The fourth-order valence-electron chi connectivity index (χ4n) is 2.62. The quantitative estimate of drug-likeness (QED) is 0.728. The number of carbonyl (C=O) groups is 1. The van der Waals surface area contributed by atoms with Gasteiger partial charge >= 0.3 is 0 Å². The first-order valence-electron chi connectivity index (χ1n) is 7.95. The van der Waals surface area contributed by atoms with Crippen LogP contribution in [0.4, 0.5) is 0 Å². The average molecular weight is 353 g/mol. The summed E-state index contributed by atoms with van der Waals surface area (Å²) in [6.07, 6.45) is 1.51. The number of carbonyl (C=O) groups excluding carboxylic acids is 1. The standard InChI is InChI=1S/C18H19N5O3/c1-12-8-13(4-6-16(12)23-11-20-21-22-23)18(24)19-10-14-9-15(25-2)5-7-17(14)26-3/h4-9,11H,10H2,1-3H3,(H,19,24). The maximum Gasteiger partial charge on any atom is 0.251 e. The molecule has 0 aliphatic rings. The average Bonchev–Trinajstić information content (AvgIpc) is 3.20. The van der Waals surface area contributed by atoms with Crippen molar-refractivity contribution in [2.75, 3.05) is 14.2 Å². The van der Waals surface area contributed by atoms with Gasteiger partial charge in [0.1, 0.15) is 17.8 Å². The summed E-state index contributed by atoms with van der Waals surface area (Å²) < 4.78 is 12.1. The van der Waals surface area contributed by atoms with E-state index in [1.807, 2.05) is 31.2 Å². The molecular weight excluding hydrogens is 334 g/mol. The van der Waals surface area contributed by atoms with E-state index >= 15 is 0 Å². The molecule has 1 N–H and O–H groups in total. The third-order valence-electron chi connectivity index (χ3n) is 3.98. The molecule has 0 unspecified atom stereocenters. The number of hydrogen-bond acceptors (Lipinski definition) is 6. The second kappa shape index (κ2) is 7.64. The lowest BCUT2D eigenvalue weighted by molar-refractivity contribution is 0.0950. The highest BCUT2D eigenvalue weighted by Crippen LogP contribution is 2.24. The summed E-state index contributed by atoms with van der Waals surface area (Å²) in [5, 5.41) is 14.0. The Morgan fingerprint density at radius 1 is 1.15 bits per heavy atom. The topological polar surface area (TPSA) is 91.2 Å². The van der Waals surface area contributed by atoms with Gasteiger partial charge in [-0.25, -0.2) is 4.68 Å². The molecule has 1 aromatic heterocycles. The van der Waals surface area contributed by atoms with Gasteiger partial charge in [0.15, 0.2) is 0 Å². The number of benzene rings is 2. The van der Waals surface area contributed by atoms with Crippen molar-refractivity contribution in [3.63, 3.8) is 0 Å². The Hall–Kier alpha value is -3.42. The van der Waals surface area contributed by atoms with Crippen molar-refractivity contribution in [2.45, 2.75) is 13.5 Å². The molecule has 3 rings (SSSR count). The summed E-state index contributed by atoms with van der Waals surface area (Å²) in [6.45, 7) is 2.23. The molecule has 1 heterocycles. The summed E-state index contributed by atoms with van der Waals surface area (Å²) >= 11 is 0. The number of rotatable bonds is 6. The molecule has 8 heteroatoms. The molecule has 0 fully saturated rings. The second-order valence-corrected chi connectivity index (χ2v) is 5.62. The molecule has 0 aliphatic carbocycles. The van der Waals surface area contributed by atoms with Gasteiger partial charge in [0.25, 0.3) is 5.91 Å². The minimum absolute atomic E-state index is 0.179. The number of methoxy groups -OCH3 is 2. The number of nitrogens with zero attached hydrogens (tertiary/aromatic N) is 4. The molecule has 0 bridgehead atoms. The molecule has 0 spiro atoms. The number of hydrogen-bond donors (Lipinski definition) is 1. The first kappa shape index (κ1) is 17.4. The largest absolute Gasteiger partial charge is 0.497 e. The molecule has 26 heavy (non-hydrogen) atoms. The van der Waals surface area contributed by atoms with Crippen LogP contribution < -0.4 is 14.8 Å². The Bertz CT molecular complexity index is 909. The van der Waals surface area contributed by atoms with E-state index in [0.717, 1.165) is 16.8 Å². The minimum Gasteiger partial charge on any atom is -0.497 e. The van der Waals surface area contributed by atoms with Crippen molar-refractivity contribution in [1.29, 1.82) is 0 Å². The zero-order valence-electron chi connectivity index (χ0n) is 14.8.